The molecule has 0 unspecified atom stereocenters. The van der Waals surface area contributed by atoms with Crippen molar-refractivity contribution in [3.05, 3.63) is 59.7 Å². The molecule has 2 aromatic rings. The summed E-state index contributed by atoms with van der Waals surface area (Å²) in [6, 6.07) is 15.3. The molecule has 0 radical (unpaired) electrons. The van der Waals surface area contributed by atoms with Crippen LogP contribution >= 0.6 is 11.8 Å². The van der Waals surface area contributed by atoms with E-state index in [-0.39, 0.29) is 4.90 Å². The van der Waals surface area contributed by atoms with Crippen molar-refractivity contribution in [1.29, 1.82) is 0 Å². The Hall–Kier alpha value is -2.03. The molecule has 0 aliphatic heterocycles. The van der Waals surface area contributed by atoms with Gasteiger partial charge in [-0.05, 0) is 55.6 Å². The first kappa shape index (κ1) is 22.3. The van der Waals surface area contributed by atoms with Crippen LogP contribution in [0.1, 0.15) is 18.1 Å². The summed E-state index contributed by atoms with van der Waals surface area (Å²) in [6.07, 6.45) is 2.06. The molecule has 6 nitrogen and oxygen atoms in total. The van der Waals surface area contributed by atoms with Crippen molar-refractivity contribution in [2.24, 2.45) is 4.99 Å². The Bertz CT molecular complexity index is 897. The van der Waals surface area contributed by atoms with Crippen molar-refractivity contribution >= 4 is 27.7 Å². The Kier molecular flexibility index (Phi) is 8.35. The van der Waals surface area contributed by atoms with E-state index in [0.717, 1.165) is 24.6 Å². The molecule has 8 heteroatoms. The second-order valence-electron chi connectivity index (χ2n) is 6.23. The number of hydrogen-bond donors (Lipinski definition) is 2. The maximum atomic E-state index is 12.0. The third-order valence-electron chi connectivity index (χ3n) is 4.16. The molecule has 0 aromatic heterocycles. The van der Waals surface area contributed by atoms with Crippen LogP contribution in [-0.2, 0) is 23.1 Å². The zero-order valence-electron chi connectivity index (χ0n) is 16.8. The number of thioether (sulfide) groups is 1. The fraction of sp³-hybridized carbons (Fsp3) is 0.350. The second kappa shape index (κ2) is 10.5. The van der Waals surface area contributed by atoms with Crippen molar-refractivity contribution < 1.29 is 8.42 Å². The highest BCUT2D eigenvalue weighted by molar-refractivity contribution is 7.98. The minimum atomic E-state index is -3.46. The van der Waals surface area contributed by atoms with Gasteiger partial charge in [-0.1, -0.05) is 24.3 Å². The SMILES string of the molecule is CCNC(=NCc1cccc(S(=O)(=O)NC)c1)N(C)Cc1ccc(SC)cc1. The number of sulfonamides is 1. The van der Waals surface area contributed by atoms with E-state index >= 15 is 0 Å². The third kappa shape index (κ3) is 6.25. The Balaban J connectivity index is 2.13. The molecular formula is C20H28N4O2S2. The molecule has 0 saturated carbocycles. The van der Waals surface area contributed by atoms with Crippen molar-refractivity contribution in [3.8, 4) is 0 Å². The van der Waals surface area contributed by atoms with Crippen molar-refractivity contribution in [2.75, 3.05) is 26.9 Å². The fourth-order valence-electron chi connectivity index (χ4n) is 2.64. The quantitative estimate of drug-likeness (QED) is 0.390. The van der Waals surface area contributed by atoms with Crippen molar-refractivity contribution in [1.82, 2.24) is 14.9 Å². The third-order valence-corrected chi connectivity index (χ3v) is 6.32. The van der Waals surface area contributed by atoms with Crippen LogP contribution in [0.5, 0.6) is 0 Å². The lowest BCUT2D eigenvalue weighted by molar-refractivity contribution is 0.476. The van der Waals surface area contributed by atoms with Gasteiger partial charge in [0.05, 0.1) is 11.4 Å². The monoisotopic (exact) mass is 420 g/mol. The maximum Gasteiger partial charge on any atom is 0.240 e. The van der Waals surface area contributed by atoms with Crippen LogP contribution in [0.15, 0.2) is 63.3 Å². The topological polar surface area (TPSA) is 73.8 Å². The molecule has 0 atom stereocenters. The Morgan fingerprint density at radius 2 is 1.86 bits per heavy atom. The molecule has 0 heterocycles. The summed E-state index contributed by atoms with van der Waals surface area (Å²) < 4.78 is 26.3. The molecule has 0 saturated heterocycles. The number of guanidine groups is 1. The molecule has 0 bridgehead atoms. The first-order chi connectivity index (χ1) is 13.4. The highest BCUT2D eigenvalue weighted by Gasteiger charge is 2.12. The van der Waals surface area contributed by atoms with Gasteiger partial charge in [0.1, 0.15) is 0 Å². The highest BCUT2D eigenvalue weighted by Crippen LogP contribution is 2.16. The van der Waals surface area contributed by atoms with Gasteiger partial charge in [-0.25, -0.2) is 18.1 Å². The van der Waals surface area contributed by atoms with E-state index in [1.54, 1.807) is 30.0 Å². The van der Waals surface area contributed by atoms with E-state index in [9.17, 15) is 8.42 Å². The van der Waals surface area contributed by atoms with Gasteiger partial charge in [0.2, 0.25) is 10.0 Å². The van der Waals surface area contributed by atoms with E-state index in [4.69, 9.17) is 0 Å². The second-order valence-corrected chi connectivity index (χ2v) is 9.00. The summed E-state index contributed by atoms with van der Waals surface area (Å²) in [6.45, 7) is 3.90. The number of nitrogens with zero attached hydrogens (tertiary/aromatic N) is 2. The van der Waals surface area contributed by atoms with Crippen molar-refractivity contribution in [2.45, 2.75) is 29.8 Å². The van der Waals surface area contributed by atoms with E-state index in [0.29, 0.717) is 6.54 Å². The smallest absolute Gasteiger partial charge is 0.240 e. The molecule has 0 amide bonds. The van der Waals surface area contributed by atoms with E-state index in [1.165, 1.54) is 17.5 Å². The van der Waals surface area contributed by atoms with Crippen LogP contribution in [0.2, 0.25) is 0 Å². The van der Waals surface area contributed by atoms with Crippen molar-refractivity contribution in [3.63, 3.8) is 0 Å². The minimum Gasteiger partial charge on any atom is -0.357 e. The summed E-state index contributed by atoms with van der Waals surface area (Å²) in [5.74, 6) is 0.776. The molecule has 152 valence electrons. The van der Waals surface area contributed by atoms with Gasteiger partial charge >= 0.3 is 0 Å². The van der Waals surface area contributed by atoms with Gasteiger partial charge in [0.15, 0.2) is 5.96 Å². The Morgan fingerprint density at radius 3 is 2.46 bits per heavy atom. The van der Waals surface area contributed by atoms with E-state index < -0.39 is 10.0 Å². The van der Waals surface area contributed by atoms with E-state index in [1.807, 2.05) is 20.0 Å². The van der Waals surface area contributed by atoms with Crippen LogP contribution in [0.25, 0.3) is 0 Å². The molecule has 2 N–H and O–H groups in total. The first-order valence-electron chi connectivity index (χ1n) is 9.04. The number of rotatable bonds is 8. The van der Waals surface area contributed by atoms with Crippen LogP contribution < -0.4 is 10.0 Å². The van der Waals surface area contributed by atoms with Crippen LogP contribution in [0.3, 0.4) is 0 Å². The van der Waals surface area contributed by atoms with Gasteiger partial charge in [-0.3, -0.25) is 0 Å². The summed E-state index contributed by atoms with van der Waals surface area (Å²) in [5, 5.41) is 3.29. The number of hydrogen-bond acceptors (Lipinski definition) is 4. The predicted molar refractivity (Wildman–Crippen MR) is 117 cm³/mol. The number of aliphatic imine (C=N–C) groups is 1. The number of benzene rings is 2. The molecule has 0 fully saturated rings. The Labute approximate surface area is 172 Å². The largest absolute Gasteiger partial charge is 0.357 e. The first-order valence-corrected chi connectivity index (χ1v) is 11.7. The molecule has 0 aliphatic rings. The van der Waals surface area contributed by atoms with Gasteiger partial charge < -0.3 is 10.2 Å². The van der Waals surface area contributed by atoms with Gasteiger partial charge in [-0.15, -0.1) is 11.8 Å². The van der Waals surface area contributed by atoms with Crippen LogP contribution in [0, 0.1) is 0 Å². The van der Waals surface area contributed by atoms with Gasteiger partial charge in [0, 0.05) is 25.0 Å². The average molecular weight is 421 g/mol. The summed E-state index contributed by atoms with van der Waals surface area (Å²) in [7, 11) is -0.0597. The molecule has 2 rings (SSSR count). The van der Waals surface area contributed by atoms with Gasteiger partial charge in [-0.2, -0.15) is 0 Å². The average Bonchev–Trinajstić information content (AvgIpc) is 2.71. The van der Waals surface area contributed by atoms with Crippen LogP contribution in [-0.4, -0.2) is 46.2 Å². The van der Waals surface area contributed by atoms with Crippen LogP contribution in [0.4, 0.5) is 0 Å². The summed E-state index contributed by atoms with van der Waals surface area (Å²) in [4.78, 5) is 8.22. The summed E-state index contributed by atoms with van der Waals surface area (Å²) in [5.41, 5.74) is 2.04. The zero-order valence-corrected chi connectivity index (χ0v) is 18.4. The highest BCUT2D eigenvalue weighted by atomic mass is 32.2. The predicted octanol–water partition coefficient (Wildman–Crippen LogP) is 2.91. The normalized spacial score (nSPS) is 12.1. The lowest BCUT2D eigenvalue weighted by Gasteiger charge is -2.22. The number of nitrogens with one attached hydrogen (secondary N) is 2. The Morgan fingerprint density at radius 1 is 1.14 bits per heavy atom. The lowest BCUT2D eigenvalue weighted by atomic mass is 10.2. The minimum absolute atomic E-state index is 0.245. The molecule has 28 heavy (non-hydrogen) atoms. The summed E-state index contributed by atoms with van der Waals surface area (Å²) >= 11 is 1.72. The molecular weight excluding hydrogens is 392 g/mol. The molecule has 2 aromatic carbocycles. The van der Waals surface area contributed by atoms with Gasteiger partial charge in [0.25, 0.3) is 0 Å². The fourth-order valence-corrected chi connectivity index (χ4v) is 3.85. The zero-order chi connectivity index (χ0) is 20.6. The standard InChI is InChI=1S/C20H28N4O2S2/c1-5-22-20(24(3)15-16-9-11-18(27-4)12-10-16)23-14-17-7-6-8-19(13-17)28(25,26)21-2/h6-13,21H,5,14-15H2,1-4H3,(H,22,23). The molecule has 0 spiro atoms. The maximum absolute atomic E-state index is 12.0. The van der Waals surface area contributed by atoms with E-state index in [2.05, 4.69) is 50.5 Å². The molecule has 0 aliphatic carbocycles. The lowest BCUT2D eigenvalue weighted by Crippen LogP contribution is -2.38.